The van der Waals surface area contributed by atoms with Crippen molar-refractivity contribution in [2.45, 2.75) is 26.3 Å². The summed E-state index contributed by atoms with van der Waals surface area (Å²) in [6.45, 7) is 2.48. The third-order valence-electron chi connectivity index (χ3n) is 2.83. The predicted octanol–water partition coefficient (Wildman–Crippen LogP) is 2.23. The van der Waals surface area contributed by atoms with Gasteiger partial charge in [0.25, 0.3) is 0 Å². The van der Waals surface area contributed by atoms with Crippen LogP contribution in [0.3, 0.4) is 0 Å². The topological polar surface area (TPSA) is 55.1 Å². The second-order valence-corrected chi connectivity index (χ2v) is 4.18. The van der Waals surface area contributed by atoms with Crippen LogP contribution >= 0.6 is 0 Å². The average molecular weight is 244 g/mol. The van der Waals surface area contributed by atoms with Crippen molar-refractivity contribution in [1.82, 2.24) is 10.3 Å². The fourth-order valence-corrected chi connectivity index (χ4v) is 1.74. The van der Waals surface area contributed by atoms with Gasteiger partial charge in [0.15, 0.2) is 6.39 Å². The van der Waals surface area contributed by atoms with Crippen molar-refractivity contribution in [3.05, 3.63) is 53.7 Å². The number of hydrogen-bond donors (Lipinski definition) is 1. The van der Waals surface area contributed by atoms with E-state index < -0.39 is 0 Å². The van der Waals surface area contributed by atoms with Gasteiger partial charge in [-0.05, 0) is 24.5 Å². The molecule has 0 spiro atoms. The van der Waals surface area contributed by atoms with Crippen molar-refractivity contribution in [3.8, 4) is 0 Å². The normalized spacial score (nSPS) is 10.3. The van der Waals surface area contributed by atoms with E-state index in [9.17, 15) is 4.79 Å². The first-order valence-electron chi connectivity index (χ1n) is 5.94. The molecular weight excluding hydrogens is 228 g/mol. The average Bonchev–Trinajstić information content (AvgIpc) is 2.88. The molecule has 1 heterocycles. The minimum Gasteiger partial charge on any atom is -0.451 e. The van der Waals surface area contributed by atoms with Gasteiger partial charge in [-0.3, -0.25) is 4.79 Å². The largest absolute Gasteiger partial charge is 0.451 e. The van der Waals surface area contributed by atoms with Crippen LogP contribution in [0.4, 0.5) is 0 Å². The Hall–Kier alpha value is -2.10. The molecule has 0 aliphatic carbocycles. The highest BCUT2D eigenvalue weighted by molar-refractivity contribution is 5.76. The summed E-state index contributed by atoms with van der Waals surface area (Å²) < 4.78 is 4.83. The predicted molar refractivity (Wildman–Crippen MR) is 67.8 cm³/mol. The Kier molecular flexibility index (Phi) is 4.12. The SMILES string of the molecule is Cc1ccccc1CCC(=O)NCc1cocn1. The molecule has 94 valence electrons. The summed E-state index contributed by atoms with van der Waals surface area (Å²) in [5.74, 6) is 0.0289. The van der Waals surface area contributed by atoms with Crippen molar-refractivity contribution >= 4 is 5.91 Å². The zero-order valence-electron chi connectivity index (χ0n) is 10.3. The van der Waals surface area contributed by atoms with E-state index in [2.05, 4.69) is 29.4 Å². The van der Waals surface area contributed by atoms with E-state index in [1.54, 1.807) is 0 Å². The van der Waals surface area contributed by atoms with Crippen LogP contribution in [0.1, 0.15) is 23.2 Å². The first kappa shape index (κ1) is 12.4. The molecule has 1 amide bonds. The van der Waals surface area contributed by atoms with Gasteiger partial charge in [-0.1, -0.05) is 24.3 Å². The van der Waals surface area contributed by atoms with Crippen LogP contribution in [0.15, 0.2) is 41.3 Å². The Morgan fingerprint density at radius 1 is 1.39 bits per heavy atom. The standard InChI is InChI=1S/C14H16N2O2/c1-11-4-2-3-5-12(11)6-7-14(17)15-8-13-9-18-10-16-13/h2-5,9-10H,6-8H2,1H3,(H,15,17). The lowest BCUT2D eigenvalue weighted by Crippen LogP contribution is -2.23. The molecule has 0 fully saturated rings. The molecule has 0 atom stereocenters. The van der Waals surface area contributed by atoms with Crippen LogP contribution in [0, 0.1) is 6.92 Å². The summed E-state index contributed by atoms with van der Waals surface area (Å²) in [4.78, 5) is 15.6. The molecule has 1 N–H and O–H groups in total. The van der Waals surface area contributed by atoms with E-state index in [0.717, 1.165) is 12.1 Å². The van der Waals surface area contributed by atoms with Gasteiger partial charge < -0.3 is 9.73 Å². The van der Waals surface area contributed by atoms with Gasteiger partial charge in [-0.15, -0.1) is 0 Å². The second kappa shape index (κ2) is 6.00. The highest BCUT2D eigenvalue weighted by Gasteiger charge is 2.04. The Morgan fingerprint density at radius 2 is 2.22 bits per heavy atom. The molecule has 0 bridgehead atoms. The molecule has 1 aromatic carbocycles. The number of amides is 1. The summed E-state index contributed by atoms with van der Waals surface area (Å²) in [6.07, 6.45) is 4.14. The lowest BCUT2D eigenvalue weighted by atomic mass is 10.0. The van der Waals surface area contributed by atoms with Crippen LogP contribution in [0.2, 0.25) is 0 Å². The number of aromatic nitrogens is 1. The zero-order valence-corrected chi connectivity index (χ0v) is 10.3. The summed E-state index contributed by atoms with van der Waals surface area (Å²) >= 11 is 0. The van der Waals surface area contributed by atoms with Crippen molar-refractivity contribution in [2.24, 2.45) is 0 Å². The number of carbonyl (C=O) groups is 1. The summed E-state index contributed by atoms with van der Waals surface area (Å²) in [6, 6.07) is 8.11. The summed E-state index contributed by atoms with van der Waals surface area (Å²) in [5, 5.41) is 2.81. The fraction of sp³-hybridized carbons (Fsp3) is 0.286. The fourth-order valence-electron chi connectivity index (χ4n) is 1.74. The van der Waals surface area contributed by atoms with Crippen molar-refractivity contribution in [2.75, 3.05) is 0 Å². The molecule has 18 heavy (non-hydrogen) atoms. The maximum Gasteiger partial charge on any atom is 0.220 e. The van der Waals surface area contributed by atoms with Gasteiger partial charge in [0.2, 0.25) is 5.91 Å². The molecule has 4 nitrogen and oxygen atoms in total. The maximum absolute atomic E-state index is 11.7. The van der Waals surface area contributed by atoms with Crippen LogP contribution in [-0.2, 0) is 17.8 Å². The second-order valence-electron chi connectivity index (χ2n) is 4.18. The van der Waals surface area contributed by atoms with E-state index in [4.69, 9.17) is 4.42 Å². The molecule has 0 saturated carbocycles. The van der Waals surface area contributed by atoms with Gasteiger partial charge in [0.1, 0.15) is 6.26 Å². The lowest BCUT2D eigenvalue weighted by molar-refractivity contribution is -0.121. The van der Waals surface area contributed by atoms with Gasteiger partial charge in [-0.25, -0.2) is 4.98 Å². The molecule has 0 saturated heterocycles. The number of aryl methyl sites for hydroxylation is 2. The Bertz CT molecular complexity index is 506. The third-order valence-corrected chi connectivity index (χ3v) is 2.83. The molecule has 0 aliphatic rings. The molecule has 2 rings (SSSR count). The van der Waals surface area contributed by atoms with Gasteiger partial charge in [0, 0.05) is 6.42 Å². The number of nitrogens with zero attached hydrogens (tertiary/aromatic N) is 1. The van der Waals surface area contributed by atoms with E-state index in [-0.39, 0.29) is 5.91 Å². The number of oxazole rings is 1. The molecule has 4 heteroatoms. The Balaban J connectivity index is 1.77. The lowest BCUT2D eigenvalue weighted by Gasteiger charge is -2.05. The summed E-state index contributed by atoms with van der Waals surface area (Å²) in [5.41, 5.74) is 3.18. The van der Waals surface area contributed by atoms with Gasteiger partial charge in [0.05, 0.1) is 12.2 Å². The first-order valence-corrected chi connectivity index (χ1v) is 5.94. The third kappa shape index (κ3) is 3.45. The number of benzene rings is 1. The maximum atomic E-state index is 11.7. The first-order chi connectivity index (χ1) is 8.75. The van der Waals surface area contributed by atoms with Crippen molar-refractivity contribution < 1.29 is 9.21 Å². The minimum atomic E-state index is 0.0289. The highest BCUT2D eigenvalue weighted by atomic mass is 16.3. The van der Waals surface area contributed by atoms with Crippen molar-refractivity contribution in [1.29, 1.82) is 0 Å². The summed E-state index contributed by atoms with van der Waals surface area (Å²) in [7, 11) is 0. The Labute approximate surface area is 106 Å². The van der Waals surface area contributed by atoms with Crippen LogP contribution in [0.25, 0.3) is 0 Å². The Morgan fingerprint density at radius 3 is 2.94 bits per heavy atom. The minimum absolute atomic E-state index is 0.0289. The van der Waals surface area contributed by atoms with E-state index in [0.29, 0.717) is 13.0 Å². The molecule has 0 unspecified atom stereocenters. The van der Waals surface area contributed by atoms with Crippen molar-refractivity contribution in [3.63, 3.8) is 0 Å². The smallest absolute Gasteiger partial charge is 0.220 e. The molecule has 0 aliphatic heterocycles. The van der Waals surface area contributed by atoms with Gasteiger partial charge >= 0.3 is 0 Å². The molecular formula is C14H16N2O2. The van der Waals surface area contributed by atoms with E-state index in [1.165, 1.54) is 23.8 Å². The number of nitrogens with one attached hydrogen (secondary N) is 1. The number of rotatable bonds is 5. The molecule has 2 aromatic rings. The quantitative estimate of drug-likeness (QED) is 0.877. The molecule has 1 aromatic heterocycles. The molecule has 0 radical (unpaired) electrons. The van der Waals surface area contributed by atoms with Crippen LogP contribution < -0.4 is 5.32 Å². The van der Waals surface area contributed by atoms with E-state index >= 15 is 0 Å². The number of hydrogen-bond acceptors (Lipinski definition) is 3. The monoisotopic (exact) mass is 244 g/mol. The van der Waals surface area contributed by atoms with Crippen LogP contribution in [-0.4, -0.2) is 10.9 Å². The zero-order chi connectivity index (χ0) is 12.8. The number of carbonyl (C=O) groups excluding carboxylic acids is 1. The van der Waals surface area contributed by atoms with Crippen LogP contribution in [0.5, 0.6) is 0 Å². The van der Waals surface area contributed by atoms with E-state index in [1.807, 2.05) is 12.1 Å². The van der Waals surface area contributed by atoms with Gasteiger partial charge in [-0.2, -0.15) is 0 Å². The highest BCUT2D eigenvalue weighted by Crippen LogP contribution is 2.09.